The average molecular weight is 590 g/mol. The maximum Gasteiger partial charge on any atom is 0.0540 e. The number of rotatable bonds is 6. The summed E-state index contributed by atoms with van der Waals surface area (Å²) in [5, 5.41) is 0. The molecule has 1 aliphatic carbocycles. The summed E-state index contributed by atoms with van der Waals surface area (Å²) < 4.78 is 0. The molecule has 0 saturated carbocycles. The molecule has 0 spiro atoms. The largest absolute Gasteiger partial charge is 0.310 e. The Balaban J connectivity index is 1.22. The minimum absolute atomic E-state index is 0.0554. The molecule has 0 saturated heterocycles. The second-order valence-electron chi connectivity index (χ2n) is 12.6. The number of benzene rings is 7. The van der Waals surface area contributed by atoms with Crippen molar-refractivity contribution >= 4 is 17.1 Å². The molecule has 0 atom stereocenters. The topological polar surface area (TPSA) is 3.24 Å². The molecule has 7 aromatic rings. The Morgan fingerprint density at radius 1 is 0.370 bits per heavy atom. The van der Waals surface area contributed by atoms with Crippen molar-refractivity contribution in [2.75, 3.05) is 4.90 Å². The number of hydrogen-bond donors (Lipinski definition) is 0. The maximum atomic E-state index is 2.41. The van der Waals surface area contributed by atoms with Gasteiger partial charge in [-0.15, -0.1) is 0 Å². The molecule has 46 heavy (non-hydrogen) atoms. The highest BCUT2D eigenvalue weighted by molar-refractivity contribution is 5.94. The van der Waals surface area contributed by atoms with Crippen molar-refractivity contribution in [3.8, 4) is 44.5 Å². The zero-order valence-corrected chi connectivity index (χ0v) is 26.2. The van der Waals surface area contributed by atoms with Crippen LogP contribution in [0.2, 0.25) is 0 Å². The van der Waals surface area contributed by atoms with E-state index in [9.17, 15) is 0 Å². The highest BCUT2D eigenvalue weighted by Gasteiger charge is 2.37. The van der Waals surface area contributed by atoms with Crippen LogP contribution in [0.3, 0.4) is 0 Å². The van der Waals surface area contributed by atoms with Gasteiger partial charge in [-0.2, -0.15) is 0 Å². The average Bonchev–Trinajstić information content (AvgIpc) is 3.36. The molecule has 7 aromatic carbocycles. The lowest BCUT2D eigenvalue weighted by Gasteiger charge is -2.28. The third-order valence-corrected chi connectivity index (χ3v) is 9.49. The number of fused-ring (bicyclic) bond motifs is 3. The van der Waals surface area contributed by atoms with Gasteiger partial charge >= 0.3 is 0 Å². The Morgan fingerprint density at radius 3 is 1.61 bits per heavy atom. The van der Waals surface area contributed by atoms with Gasteiger partial charge in [0.1, 0.15) is 0 Å². The van der Waals surface area contributed by atoms with Gasteiger partial charge in [-0.05, 0) is 86.5 Å². The van der Waals surface area contributed by atoms with E-state index >= 15 is 0 Å². The molecule has 0 radical (unpaired) electrons. The first-order chi connectivity index (χ1) is 22.6. The minimum Gasteiger partial charge on any atom is -0.310 e. The van der Waals surface area contributed by atoms with Gasteiger partial charge in [0.25, 0.3) is 0 Å². The SMILES string of the molecule is CC1(C)c2ccc(-c3ccc(N(c4ccccc4)c4ccccc4-c4ccccc4)cc3)cc2-c2c(-c3ccccc3)cccc21. The van der Waals surface area contributed by atoms with E-state index in [1.165, 1.54) is 55.6 Å². The lowest BCUT2D eigenvalue weighted by atomic mass is 9.81. The third kappa shape index (κ3) is 4.73. The second kappa shape index (κ2) is 11.4. The van der Waals surface area contributed by atoms with Crippen molar-refractivity contribution in [2.24, 2.45) is 0 Å². The molecule has 0 aliphatic heterocycles. The normalized spacial score (nSPS) is 12.7. The molecule has 0 unspecified atom stereocenters. The van der Waals surface area contributed by atoms with E-state index < -0.39 is 0 Å². The van der Waals surface area contributed by atoms with E-state index in [1.54, 1.807) is 0 Å². The quantitative estimate of drug-likeness (QED) is 0.186. The summed E-state index contributed by atoms with van der Waals surface area (Å²) >= 11 is 0. The predicted octanol–water partition coefficient (Wildman–Crippen LogP) is 12.5. The minimum atomic E-state index is -0.0554. The van der Waals surface area contributed by atoms with Gasteiger partial charge in [0.2, 0.25) is 0 Å². The predicted molar refractivity (Wildman–Crippen MR) is 195 cm³/mol. The molecule has 220 valence electrons. The number of hydrogen-bond acceptors (Lipinski definition) is 1. The van der Waals surface area contributed by atoms with E-state index in [1.807, 2.05) is 0 Å². The summed E-state index contributed by atoms with van der Waals surface area (Å²) in [6.07, 6.45) is 0. The highest BCUT2D eigenvalue weighted by Crippen LogP contribution is 2.53. The first-order valence-electron chi connectivity index (χ1n) is 16.0. The van der Waals surface area contributed by atoms with Crippen LogP contribution in [0.4, 0.5) is 17.1 Å². The summed E-state index contributed by atoms with van der Waals surface area (Å²) in [5.41, 5.74) is 16.2. The summed E-state index contributed by atoms with van der Waals surface area (Å²) in [5.74, 6) is 0. The van der Waals surface area contributed by atoms with Crippen molar-refractivity contribution in [1.29, 1.82) is 0 Å². The smallest absolute Gasteiger partial charge is 0.0540 e. The molecule has 1 heteroatoms. The fourth-order valence-electron chi connectivity index (χ4n) is 7.18. The molecule has 1 aliphatic rings. The van der Waals surface area contributed by atoms with Crippen LogP contribution in [0.1, 0.15) is 25.0 Å². The van der Waals surface area contributed by atoms with Crippen LogP contribution in [0.5, 0.6) is 0 Å². The van der Waals surface area contributed by atoms with Crippen LogP contribution >= 0.6 is 0 Å². The standard InChI is InChI=1S/C45H35N/c1-45(2)41-30-27-35(31-40(41)44-39(22-14-23-42(44)45)34-17-8-4-9-18-34)32-25-28-37(29-26-32)46(36-19-10-5-11-20-36)43-24-13-12-21-38(43)33-15-6-3-7-16-33/h3-31H,1-2H3. The molecule has 0 bridgehead atoms. The zero-order valence-electron chi connectivity index (χ0n) is 26.2. The van der Waals surface area contributed by atoms with Crippen LogP contribution in [0, 0.1) is 0 Å². The maximum absolute atomic E-state index is 2.41. The van der Waals surface area contributed by atoms with Gasteiger partial charge in [-0.1, -0.05) is 153 Å². The van der Waals surface area contributed by atoms with Crippen LogP contribution in [-0.2, 0) is 5.41 Å². The Kier molecular flexibility index (Phi) is 6.88. The first kappa shape index (κ1) is 27.9. The van der Waals surface area contributed by atoms with Crippen molar-refractivity contribution in [3.05, 3.63) is 187 Å². The number of anilines is 3. The monoisotopic (exact) mass is 589 g/mol. The summed E-state index contributed by atoms with van der Waals surface area (Å²) in [7, 11) is 0. The van der Waals surface area contributed by atoms with E-state index in [4.69, 9.17) is 0 Å². The van der Waals surface area contributed by atoms with Gasteiger partial charge < -0.3 is 4.90 Å². The van der Waals surface area contributed by atoms with Crippen LogP contribution in [0.15, 0.2) is 176 Å². The molecule has 0 amide bonds. The molecule has 1 nitrogen and oxygen atoms in total. The van der Waals surface area contributed by atoms with E-state index in [0.29, 0.717) is 0 Å². The fourth-order valence-corrected chi connectivity index (χ4v) is 7.18. The first-order valence-corrected chi connectivity index (χ1v) is 16.0. The Labute approximate surface area is 272 Å². The van der Waals surface area contributed by atoms with E-state index in [0.717, 1.165) is 17.1 Å². The molecule has 0 N–H and O–H groups in total. The van der Waals surface area contributed by atoms with Crippen molar-refractivity contribution in [2.45, 2.75) is 19.3 Å². The lowest BCUT2D eigenvalue weighted by Crippen LogP contribution is -2.14. The van der Waals surface area contributed by atoms with E-state index in [-0.39, 0.29) is 5.41 Å². The van der Waals surface area contributed by atoms with Gasteiger partial charge in [0.15, 0.2) is 0 Å². The number of para-hydroxylation sites is 2. The Morgan fingerprint density at radius 2 is 0.913 bits per heavy atom. The van der Waals surface area contributed by atoms with E-state index in [2.05, 4.69) is 195 Å². The third-order valence-electron chi connectivity index (χ3n) is 9.49. The molecule has 0 aromatic heterocycles. The zero-order chi connectivity index (χ0) is 31.1. The molecular formula is C45H35N. The van der Waals surface area contributed by atoms with Crippen molar-refractivity contribution < 1.29 is 0 Å². The fraction of sp³-hybridized carbons (Fsp3) is 0.0667. The van der Waals surface area contributed by atoms with Gasteiger partial charge in [0, 0.05) is 22.4 Å². The Hall–Kier alpha value is -5.66. The van der Waals surface area contributed by atoms with Crippen LogP contribution in [0.25, 0.3) is 44.5 Å². The van der Waals surface area contributed by atoms with Gasteiger partial charge in [0.05, 0.1) is 5.69 Å². The number of nitrogens with zero attached hydrogens (tertiary/aromatic N) is 1. The summed E-state index contributed by atoms with van der Waals surface area (Å²) in [6, 6.07) is 63.6. The second-order valence-corrected chi connectivity index (χ2v) is 12.6. The highest BCUT2D eigenvalue weighted by atomic mass is 15.1. The van der Waals surface area contributed by atoms with Crippen molar-refractivity contribution in [3.63, 3.8) is 0 Å². The van der Waals surface area contributed by atoms with Crippen LogP contribution < -0.4 is 4.90 Å². The molecule has 8 rings (SSSR count). The van der Waals surface area contributed by atoms with Gasteiger partial charge in [-0.25, -0.2) is 0 Å². The van der Waals surface area contributed by atoms with Gasteiger partial charge in [-0.3, -0.25) is 0 Å². The summed E-state index contributed by atoms with van der Waals surface area (Å²) in [4.78, 5) is 2.36. The van der Waals surface area contributed by atoms with Crippen molar-refractivity contribution in [1.82, 2.24) is 0 Å². The summed E-state index contributed by atoms with van der Waals surface area (Å²) in [6.45, 7) is 4.71. The Bertz CT molecular complexity index is 2140. The molecular weight excluding hydrogens is 555 g/mol. The lowest BCUT2D eigenvalue weighted by molar-refractivity contribution is 0.660. The molecule has 0 fully saturated rings. The molecule has 0 heterocycles. The van der Waals surface area contributed by atoms with Crippen LogP contribution in [-0.4, -0.2) is 0 Å².